The summed E-state index contributed by atoms with van der Waals surface area (Å²) in [5.74, 6) is -2.81. The third-order valence-electron chi connectivity index (χ3n) is 3.68. The van der Waals surface area contributed by atoms with Gasteiger partial charge in [-0.3, -0.25) is 4.79 Å². The molecule has 6 nitrogen and oxygen atoms in total. The number of hydrogen-bond acceptors (Lipinski definition) is 4. The molecule has 112 valence electrons. The molecule has 0 spiro atoms. The van der Waals surface area contributed by atoms with Crippen LogP contribution in [0.15, 0.2) is 23.1 Å². The number of halogens is 1. The third-order valence-corrected chi connectivity index (χ3v) is 5.55. The number of benzene rings is 1. The molecule has 2 rings (SSSR count). The number of aliphatic carboxylic acids is 1. The van der Waals surface area contributed by atoms with Crippen molar-refractivity contribution < 1.29 is 22.7 Å². The van der Waals surface area contributed by atoms with Crippen LogP contribution in [0, 0.1) is 29.0 Å². The highest BCUT2D eigenvalue weighted by molar-refractivity contribution is 7.89. The predicted molar refractivity (Wildman–Crippen MR) is 70.2 cm³/mol. The zero-order chi connectivity index (χ0) is 15.8. The molecule has 0 aliphatic carbocycles. The molecule has 1 heterocycles. The summed E-state index contributed by atoms with van der Waals surface area (Å²) in [6.07, 6.45) is 0. The highest BCUT2D eigenvalue weighted by Crippen LogP contribution is 2.31. The van der Waals surface area contributed by atoms with E-state index in [9.17, 15) is 17.6 Å². The van der Waals surface area contributed by atoms with Crippen molar-refractivity contribution >= 4 is 16.0 Å². The number of hydrogen-bond donors (Lipinski definition) is 1. The maximum atomic E-state index is 13.5. The van der Waals surface area contributed by atoms with Crippen LogP contribution in [0.4, 0.5) is 4.39 Å². The van der Waals surface area contributed by atoms with E-state index in [1.165, 1.54) is 19.1 Å². The van der Waals surface area contributed by atoms with Crippen LogP contribution < -0.4 is 0 Å². The molecule has 1 fully saturated rings. The second-order valence-corrected chi connectivity index (χ2v) is 6.84. The molecule has 0 aromatic heterocycles. The number of nitriles is 1. The van der Waals surface area contributed by atoms with Crippen molar-refractivity contribution in [2.45, 2.75) is 11.8 Å². The lowest BCUT2D eigenvalue weighted by Gasteiger charge is -2.40. The summed E-state index contributed by atoms with van der Waals surface area (Å²) < 4.78 is 39.2. The van der Waals surface area contributed by atoms with E-state index in [2.05, 4.69) is 0 Å². The van der Waals surface area contributed by atoms with E-state index < -0.39 is 33.3 Å². The Morgan fingerprint density at radius 1 is 1.52 bits per heavy atom. The van der Waals surface area contributed by atoms with Crippen LogP contribution in [-0.4, -0.2) is 36.9 Å². The summed E-state index contributed by atoms with van der Waals surface area (Å²) in [5.41, 5.74) is -0.521. The molecular weight excluding hydrogens is 299 g/mol. The van der Waals surface area contributed by atoms with E-state index in [1.807, 2.05) is 0 Å². The zero-order valence-electron chi connectivity index (χ0n) is 11.2. The molecule has 1 aliphatic rings. The van der Waals surface area contributed by atoms with Crippen molar-refractivity contribution in [2.24, 2.45) is 11.8 Å². The van der Waals surface area contributed by atoms with Gasteiger partial charge in [0.15, 0.2) is 0 Å². The lowest BCUT2D eigenvalue weighted by molar-refractivity contribution is -0.144. The molecule has 8 heteroatoms. The maximum Gasteiger partial charge on any atom is 0.306 e. The Bertz CT molecular complexity index is 720. The first-order valence-electron chi connectivity index (χ1n) is 6.20. The number of rotatable bonds is 4. The van der Waals surface area contributed by atoms with Gasteiger partial charge in [-0.2, -0.15) is 9.57 Å². The molecular formula is C13H13FN2O4S. The number of carboxylic acids is 1. The Kier molecular flexibility index (Phi) is 3.98. The van der Waals surface area contributed by atoms with Crippen molar-refractivity contribution in [3.8, 4) is 6.07 Å². The second-order valence-electron chi connectivity index (χ2n) is 4.93. The lowest BCUT2D eigenvalue weighted by atomic mass is 9.89. The van der Waals surface area contributed by atoms with Crippen molar-refractivity contribution in [3.05, 3.63) is 29.6 Å². The van der Waals surface area contributed by atoms with Crippen molar-refractivity contribution in [2.75, 3.05) is 13.1 Å². The maximum absolute atomic E-state index is 13.5. The lowest BCUT2D eigenvalue weighted by Crippen LogP contribution is -2.53. The van der Waals surface area contributed by atoms with Gasteiger partial charge < -0.3 is 5.11 Å². The Morgan fingerprint density at radius 2 is 2.14 bits per heavy atom. The molecule has 0 bridgehead atoms. The van der Waals surface area contributed by atoms with Crippen LogP contribution in [0.2, 0.25) is 0 Å². The van der Waals surface area contributed by atoms with E-state index in [0.29, 0.717) is 0 Å². The monoisotopic (exact) mass is 312 g/mol. The highest BCUT2D eigenvalue weighted by atomic mass is 32.2. The van der Waals surface area contributed by atoms with Gasteiger partial charge in [0.25, 0.3) is 0 Å². The van der Waals surface area contributed by atoms with Gasteiger partial charge in [0, 0.05) is 13.1 Å². The average molecular weight is 312 g/mol. The van der Waals surface area contributed by atoms with Crippen molar-refractivity contribution in [1.29, 1.82) is 5.26 Å². The Labute approximate surface area is 121 Å². The first-order chi connectivity index (χ1) is 9.78. The van der Waals surface area contributed by atoms with Crippen LogP contribution in [0.5, 0.6) is 0 Å². The van der Waals surface area contributed by atoms with E-state index in [0.717, 1.165) is 10.4 Å². The standard InChI is InChI=1S/C13H13FN2O4S/c1-8(13(17)18)9-6-16(7-9)21(19,20)12-4-2-3-11(14)10(12)5-15/h2-4,8-9H,6-7H2,1H3,(H,17,18). The number of nitrogens with zero attached hydrogens (tertiary/aromatic N) is 2. The van der Waals surface area contributed by atoms with Crippen molar-refractivity contribution in [3.63, 3.8) is 0 Å². The quantitative estimate of drug-likeness (QED) is 0.895. The smallest absolute Gasteiger partial charge is 0.306 e. The molecule has 1 aromatic carbocycles. The first-order valence-corrected chi connectivity index (χ1v) is 7.64. The van der Waals surface area contributed by atoms with Crippen LogP contribution in [-0.2, 0) is 14.8 Å². The normalized spacial score (nSPS) is 17.8. The van der Waals surface area contributed by atoms with Gasteiger partial charge >= 0.3 is 5.97 Å². The molecule has 21 heavy (non-hydrogen) atoms. The minimum atomic E-state index is -3.98. The predicted octanol–water partition coefficient (Wildman–Crippen LogP) is 1.04. The molecule has 1 saturated heterocycles. The summed E-state index contributed by atoms with van der Waals surface area (Å²) in [5, 5.41) is 17.8. The topological polar surface area (TPSA) is 98.5 Å². The molecule has 1 atom stereocenters. The van der Waals surface area contributed by atoms with Gasteiger partial charge in [-0.1, -0.05) is 13.0 Å². The molecule has 0 saturated carbocycles. The van der Waals surface area contributed by atoms with Gasteiger partial charge in [0.2, 0.25) is 10.0 Å². The Hall–Kier alpha value is -1.98. The van der Waals surface area contributed by atoms with E-state index in [4.69, 9.17) is 10.4 Å². The Morgan fingerprint density at radius 3 is 2.67 bits per heavy atom. The van der Waals surface area contributed by atoms with Crippen LogP contribution in [0.3, 0.4) is 0 Å². The highest BCUT2D eigenvalue weighted by Gasteiger charge is 2.42. The number of sulfonamides is 1. The minimum absolute atomic E-state index is 0.0528. The van der Waals surface area contributed by atoms with E-state index in [1.54, 1.807) is 6.07 Å². The first kappa shape index (κ1) is 15.4. The fraction of sp³-hybridized carbons (Fsp3) is 0.385. The summed E-state index contributed by atoms with van der Waals surface area (Å²) in [4.78, 5) is 10.5. The molecule has 1 aliphatic heterocycles. The summed E-state index contributed by atoms with van der Waals surface area (Å²) in [6, 6.07) is 4.96. The summed E-state index contributed by atoms with van der Waals surface area (Å²) in [7, 11) is -3.98. The average Bonchev–Trinajstić information content (AvgIpc) is 2.36. The van der Waals surface area contributed by atoms with Crippen molar-refractivity contribution in [1.82, 2.24) is 4.31 Å². The Balaban J connectivity index is 2.25. The largest absolute Gasteiger partial charge is 0.481 e. The molecule has 0 radical (unpaired) electrons. The molecule has 1 unspecified atom stereocenters. The fourth-order valence-corrected chi connectivity index (χ4v) is 3.86. The van der Waals surface area contributed by atoms with Gasteiger partial charge in [0.1, 0.15) is 22.3 Å². The molecule has 1 aromatic rings. The minimum Gasteiger partial charge on any atom is -0.481 e. The van der Waals surface area contributed by atoms with Crippen LogP contribution in [0.1, 0.15) is 12.5 Å². The van der Waals surface area contributed by atoms with Crippen LogP contribution >= 0.6 is 0 Å². The third kappa shape index (κ3) is 2.62. The summed E-state index contributed by atoms with van der Waals surface area (Å²) in [6.45, 7) is 1.62. The zero-order valence-corrected chi connectivity index (χ0v) is 12.0. The molecule has 0 amide bonds. The SMILES string of the molecule is CC(C(=O)O)C1CN(S(=O)(=O)c2cccc(F)c2C#N)C1. The van der Waals surface area contributed by atoms with Gasteiger partial charge in [-0.05, 0) is 18.1 Å². The van der Waals surface area contributed by atoms with Gasteiger partial charge in [-0.15, -0.1) is 0 Å². The second kappa shape index (κ2) is 5.42. The van der Waals surface area contributed by atoms with Gasteiger partial charge in [-0.25, -0.2) is 12.8 Å². The summed E-state index contributed by atoms with van der Waals surface area (Å²) >= 11 is 0. The molecule has 1 N–H and O–H groups in total. The number of carboxylic acid groups (broad SMARTS) is 1. The van der Waals surface area contributed by atoms with E-state index in [-0.39, 0.29) is 23.9 Å². The van der Waals surface area contributed by atoms with Gasteiger partial charge in [0.05, 0.1) is 5.92 Å². The number of carbonyl (C=O) groups is 1. The van der Waals surface area contributed by atoms with E-state index >= 15 is 0 Å². The fourth-order valence-electron chi connectivity index (χ4n) is 2.15. The van der Waals surface area contributed by atoms with Crippen LogP contribution in [0.25, 0.3) is 0 Å².